The van der Waals surface area contributed by atoms with Gasteiger partial charge in [0.25, 0.3) is 0 Å². The summed E-state index contributed by atoms with van der Waals surface area (Å²) in [5.74, 6) is -1.59. The van der Waals surface area contributed by atoms with Gasteiger partial charge in [0.05, 0.1) is 19.3 Å². The number of nitrogens with one attached hydrogen (secondary N) is 1. The molecule has 1 aromatic rings. The molecule has 1 fully saturated rings. The number of halogens is 2. The molecule has 1 heterocycles. The van der Waals surface area contributed by atoms with Gasteiger partial charge in [-0.2, -0.15) is 0 Å². The van der Waals surface area contributed by atoms with Gasteiger partial charge < -0.3 is 10.1 Å². The van der Waals surface area contributed by atoms with Crippen molar-refractivity contribution < 1.29 is 13.5 Å². The number of rotatable bonds is 1. The molecule has 1 N–H and O–H groups in total. The Kier molecular flexibility index (Phi) is 2.74. The zero-order chi connectivity index (χ0) is 9.97. The Bertz CT molecular complexity index is 324. The average molecular weight is 199 g/mol. The molecule has 1 atom stereocenters. The lowest BCUT2D eigenvalue weighted by molar-refractivity contribution is 0.0755. The van der Waals surface area contributed by atoms with Crippen molar-refractivity contribution in [3.63, 3.8) is 0 Å². The highest BCUT2D eigenvalue weighted by atomic mass is 19.2. The third kappa shape index (κ3) is 1.76. The van der Waals surface area contributed by atoms with Crippen LogP contribution in [0.2, 0.25) is 0 Å². The van der Waals surface area contributed by atoms with Gasteiger partial charge in [-0.05, 0) is 6.07 Å². The van der Waals surface area contributed by atoms with Gasteiger partial charge in [-0.25, -0.2) is 8.78 Å². The molecule has 1 saturated heterocycles. The summed E-state index contributed by atoms with van der Waals surface area (Å²) in [7, 11) is 0. The second-order valence-electron chi connectivity index (χ2n) is 3.22. The average Bonchev–Trinajstić information content (AvgIpc) is 2.23. The van der Waals surface area contributed by atoms with Crippen LogP contribution in [0.3, 0.4) is 0 Å². The predicted octanol–water partition coefficient (Wildman–Crippen LogP) is 1.63. The fourth-order valence-electron chi connectivity index (χ4n) is 1.55. The molecule has 0 bridgehead atoms. The first-order chi connectivity index (χ1) is 6.79. The standard InChI is InChI=1S/C10H11F2NO/c11-8-3-1-2-7(10(8)12)9-6-14-5-4-13-9/h1-3,9,13H,4-6H2/t9-/m0/s1. The van der Waals surface area contributed by atoms with E-state index < -0.39 is 11.6 Å². The van der Waals surface area contributed by atoms with Gasteiger partial charge >= 0.3 is 0 Å². The Morgan fingerprint density at radius 1 is 1.36 bits per heavy atom. The van der Waals surface area contributed by atoms with E-state index in [1.54, 1.807) is 6.07 Å². The zero-order valence-corrected chi connectivity index (χ0v) is 7.59. The summed E-state index contributed by atoms with van der Waals surface area (Å²) in [4.78, 5) is 0. The van der Waals surface area contributed by atoms with Crippen molar-refractivity contribution in [3.05, 3.63) is 35.4 Å². The maximum atomic E-state index is 13.3. The molecule has 0 aliphatic carbocycles. The Morgan fingerprint density at radius 2 is 2.21 bits per heavy atom. The molecule has 0 amide bonds. The molecule has 1 aliphatic rings. The van der Waals surface area contributed by atoms with Gasteiger partial charge in [0.2, 0.25) is 0 Å². The molecule has 2 nitrogen and oxygen atoms in total. The van der Waals surface area contributed by atoms with Crippen LogP contribution in [-0.4, -0.2) is 19.8 Å². The van der Waals surface area contributed by atoms with Crippen molar-refractivity contribution in [1.29, 1.82) is 0 Å². The number of morpholine rings is 1. The second-order valence-corrected chi connectivity index (χ2v) is 3.22. The molecule has 4 heteroatoms. The zero-order valence-electron chi connectivity index (χ0n) is 7.59. The van der Waals surface area contributed by atoms with Crippen molar-refractivity contribution in [3.8, 4) is 0 Å². The molecular weight excluding hydrogens is 188 g/mol. The minimum Gasteiger partial charge on any atom is -0.378 e. The van der Waals surface area contributed by atoms with Gasteiger partial charge in [-0.15, -0.1) is 0 Å². The van der Waals surface area contributed by atoms with Crippen LogP contribution in [0.4, 0.5) is 8.78 Å². The Balaban J connectivity index is 2.26. The fourth-order valence-corrected chi connectivity index (χ4v) is 1.55. The molecule has 0 radical (unpaired) electrons. The smallest absolute Gasteiger partial charge is 0.163 e. The minimum atomic E-state index is -0.810. The van der Waals surface area contributed by atoms with Crippen LogP contribution in [0.5, 0.6) is 0 Å². The fraction of sp³-hybridized carbons (Fsp3) is 0.400. The molecule has 0 spiro atoms. The lowest BCUT2D eigenvalue weighted by atomic mass is 10.1. The molecule has 0 aromatic heterocycles. The van der Waals surface area contributed by atoms with Gasteiger partial charge in [0, 0.05) is 12.1 Å². The first-order valence-electron chi connectivity index (χ1n) is 4.54. The number of benzene rings is 1. The molecule has 1 aromatic carbocycles. The van der Waals surface area contributed by atoms with Gasteiger partial charge in [-0.1, -0.05) is 12.1 Å². The van der Waals surface area contributed by atoms with E-state index in [-0.39, 0.29) is 6.04 Å². The van der Waals surface area contributed by atoms with E-state index in [4.69, 9.17) is 4.74 Å². The Hall–Kier alpha value is -1.00. The van der Waals surface area contributed by atoms with Gasteiger partial charge in [0.15, 0.2) is 11.6 Å². The highest BCUT2D eigenvalue weighted by molar-refractivity contribution is 5.22. The van der Waals surface area contributed by atoms with Crippen LogP contribution < -0.4 is 5.32 Å². The summed E-state index contributed by atoms with van der Waals surface area (Å²) in [5, 5.41) is 3.07. The first kappa shape index (κ1) is 9.55. The van der Waals surface area contributed by atoms with Crippen molar-refractivity contribution in [2.75, 3.05) is 19.8 Å². The first-order valence-corrected chi connectivity index (χ1v) is 4.54. The van der Waals surface area contributed by atoms with Crippen LogP contribution in [0.1, 0.15) is 11.6 Å². The summed E-state index contributed by atoms with van der Waals surface area (Å²) >= 11 is 0. The van der Waals surface area contributed by atoms with Gasteiger partial charge in [-0.3, -0.25) is 0 Å². The van der Waals surface area contributed by atoms with Crippen LogP contribution in [-0.2, 0) is 4.74 Å². The summed E-state index contributed by atoms with van der Waals surface area (Å²) in [6.07, 6.45) is 0. The normalized spacial score (nSPS) is 22.3. The van der Waals surface area contributed by atoms with Crippen molar-refractivity contribution in [2.24, 2.45) is 0 Å². The highest BCUT2D eigenvalue weighted by Gasteiger charge is 2.20. The summed E-state index contributed by atoms with van der Waals surface area (Å²) in [6, 6.07) is 3.96. The van der Waals surface area contributed by atoms with E-state index >= 15 is 0 Å². The third-order valence-electron chi connectivity index (χ3n) is 2.28. The molecule has 1 aliphatic heterocycles. The van der Waals surface area contributed by atoms with Crippen molar-refractivity contribution in [2.45, 2.75) is 6.04 Å². The molecule has 14 heavy (non-hydrogen) atoms. The van der Waals surface area contributed by atoms with E-state index in [0.29, 0.717) is 25.3 Å². The number of hydrogen-bond donors (Lipinski definition) is 1. The second kappa shape index (κ2) is 4.02. The molecule has 0 saturated carbocycles. The number of ether oxygens (including phenoxy) is 1. The summed E-state index contributed by atoms with van der Waals surface area (Å²) in [5.41, 5.74) is 0.338. The molecule has 0 unspecified atom stereocenters. The SMILES string of the molecule is Fc1cccc([C@@H]2COCCN2)c1F. The van der Waals surface area contributed by atoms with E-state index in [9.17, 15) is 8.78 Å². The van der Waals surface area contributed by atoms with Gasteiger partial charge in [0.1, 0.15) is 0 Å². The quantitative estimate of drug-likeness (QED) is 0.742. The Labute approximate surface area is 80.9 Å². The van der Waals surface area contributed by atoms with Crippen molar-refractivity contribution in [1.82, 2.24) is 5.32 Å². The molecular formula is C10H11F2NO. The van der Waals surface area contributed by atoms with Crippen LogP contribution >= 0.6 is 0 Å². The van der Waals surface area contributed by atoms with Crippen molar-refractivity contribution >= 4 is 0 Å². The van der Waals surface area contributed by atoms with Crippen LogP contribution in [0.15, 0.2) is 18.2 Å². The van der Waals surface area contributed by atoms with Crippen LogP contribution in [0, 0.1) is 11.6 Å². The van der Waals surface area contributed by atoms with E-state index in [1.807, 2.05) is 0 Å². The Morgan fingerprint density at radius 3 is 2.93 bits per heavy atom. The van der Waals surface area contributed by atoms with E-state index in [1.165, 1.54) is 6.07 Å². The summed E-state index contributed by atoms with van der Waals surface area (Å²) in [6.45, 7) is 1.68. The molecule has 2 rings (SSSR count). The maximum Gasteiger partial charge on any atom is 0.163 e. The largest absolute Gasteiger partial charge is 0.378 e. The lowest BCUT2D eigenvalue weighted by Crippen LogP contribution is -2.35. The maximum absolute atomic E-state index is 13.3. The van der Waals surface area contributed by atoms with E-state index in [0.717, 1.165) is 6.07 Å². The third-order valence-corrected chi connectivity index (χ3v) is 2.28. The minimum absolute atomic E-state index is 0.237. The monoisotopic (exact) mass is 199 g/mol. The topological polar surface area (TPSA) is 21.3 Å². The number of hydrogen-bond acceptors (Lipinski definition) is 2. The predicted molar refractivity (Wildman–Crippen MR) is 47.9 cm³/mol. The van der Waals surface area contributed by atoms with Crippen LogP contribution in [0.25, 0.3) is 0 Å². The lowest BCUT2D eigenvalue weighted by Gasteiger charge is -2.24. The highest BCUT2D eigenvalue weighted by Crippen LogP contribution is 2.20. The van der Waals surface area contributed by atoms with E-state index in [2.05, 4.69) is 5.32 Å². The summed E-state index contributed by atoms with van der Waals surface area (Å²) < 4.78 is 31.4. The molecule has 76 valence electrons.